The number of hydrogen-bond donors (Lipinski definition) is 2. The number of methoxy groups -OCH3 is 1. The zero-order chi connectivity index (χ0) is 23.3. The van der Waals surface area contributed by atoms with Gasteiger partial charge in [0, 0.05) is 24.1 Å². The smallest absolute Gasteiger partial charge is 0.251 e. The summed E-state index contributed by atoms with van der Waals surface area (Å²) in [5, 5.41) is 5.91. The lowest BCUT2D eigenvalue weighted by atomic mass is 9.96. The minimum Gasteiger partial charge on any atom is -0.497 e. The SMILES string of the molecule is COc1ccc(CC(=O)NCc2ccc(C(=O)NCC3(c4ccc(F)cc4)CC3)cc2)cc1. The van der Waals surface area contributed by atoms with Gasteiger partial charge in [0.1, 0.15) is 11.6 Å². The van der Waals surface area contributed by atoms with Crippen molar-refractivity contribution < 1.29 is 18.7 Å². The van der Waals surface area contributed by atoms with Crippen molar-refractivity contribution in [1.82, 2.24) is 10.6 Å². The van der Waals surface area contributed by atoms with Crippen LogP contribution >= 0.6 is 0 Å². The zero-order valence-corrected chi connectivity index (χ0v) is 18.6. The van der Waals surface area contributed by atoms with Crippen LogP contribution in [0.1, 0.15) is 39.9 Å². The number of hydrogen-bond acceptors (Lipinski definition) is 3. The second-order valence-electron chi connectivity index (χ2n) is 8.47. The van der Waals surface area contributed by atoms with E-state index in [1.54, 1.807) is 31.4 Å². The Hall–Kier alpha value is -3.67. The van der Waals surface area contributed by atoms with E-state index in [9.17, 15) is 14.0 Å². The molecule has 1 saturated carbocycles. The van der Waals surface area contributed by atoms with Crippen LogP contribution < -0.4 is 15.4 Å². The van der Waals surface area contributed by atoms with Crippen molar-refractivity contribution in [3.8, 4) is 5.75 Å². The van der Waals surface area contributed by atoms with E-state index in [1.807, 2.05) is 36.4 Å². The Morgan fingerprint density at radius 2 is 1.52 bits per heavy atom. The van der Waals surface area contributed by atoms with Gasteiger partial charge in [0.15, 0.2) is 0 Å². The fraction of sp³-hybridized carbons (Fsp3) is 0.259. The molecule has 0 bridgehead atoms. The molecule has 0 spiro atoms. The number of rotatable bonds is 9. The third-order valence-electron chi connectivity index (χ3n) is 6.13. The monoisotopic (exact) mass is 446 g/mol. The second-order valence-corrected chi connectivity index (χ2v) is 8.47. The van der Waals surface area contributed by atoms with E-state index < -0.39 is 0 Å². The molecule has 1 aliphatic carbocycles. The van der Waals surface area contributed by atoms with Gasteiger partial charge in [0.25, 0.3) is 5.91 Å². The maximum Gasteiger partial charge on any atom is 0.251 e. The van der Waals surface area contributed by atoms with Gasteiger partial charge in [-0.3, -0.25) is 9.59 Å². The van der Waals surface area contributed by atoms with Crippen LogP contribution in [0.2, 0.25) is 0 Å². The van der Waals surface area contributed by atoms with E-state index in [0.717, 1.165) is 35.3 Å². The Morgan fingerprint density at radius 1 is 0.879 bits per heavy atom. The highest BCUT2D eigenvalue weighted by atomic mass is 19.1. The van der Waals surface area contributed by atoms with Crippen molar-refractivity contribution in [3.63, 3.8) is 0 Å². The van der Waals surface area contributed by atoms with Gasteiger partial charge in [-0.1, -0.05) is 36.4 Å². The van der Waals surface area contributed by atoms with Crippen LogP contribution in [-0.2, 0) is 23.2 Å². The molecule has 2 amide bonds. The molecule has 0 aliphatic heterocycles. The molecule has 3 aromatic rings. The van der Waals surface area contributed by atoms with Crippen molar-refractivity contribution in [3.05, 3.63) is 101 Å². The first-order valence-corrected chi connectivity index (χ1v) is 11.0. The maximum absolute atomic E-state index is 13.2. The van der Waals surface area contributed by atoms with Crippen molar-refractivity contribution in [1.29, 1.82) is 0 Å². The summed E-state index contributed by atoms with van der Waals surface area (Å²) in [5.41, 5.74) is 3.37. The van der Waals surface area contributed by atoms with E-state index in [-0.39, 0.29) is 23.0 Å². The molecule has 1 fully saturated rings. The molecule has 3 aromatic carbocycles. The fourth-order valence-electron chi connectivity index (χ4n) is 3.84. The molecule has 4 rings (SSSR count). The van der Waals surface area contributed by atoms with Crippen molar-refractivity contribution in [2.45, 2.75) is 31.2 Å². The molecule has 6 heteroatoms. The number of amides is 2. The molecule has 33 heavy (non-hydrogen) atoms. The highest BCUT2D eigenvalue weighted by molar-refractivity contribution is 5.94. The summed E-state index contributed by atoms with van der Waals surface area (Å²) in [4.78, 5) is 24.8. The first-order chi connectivity index (χ1) is 16.0. The molecule has 170 valence electrons. The van der Waals surface area contributed by atoms with Gasteiger partial charge in [-0.25, -0.2) is 4.39 Å². The highest BCUT2D eigenvalue weighted by Gasteiger charge is 2.44. The minimum absolute atomic E-state index is 0.0717. The topological polar surface area (TPSA) is 67.4 Å². The zero-order valence-electron chi connectivity index (χ0n) is 18.6. The molecule has 0 unspecified atom stereocenters. The van der Waals surface area contributed by atoms with Crippen LogP contribution in [-0.4, -0.2) is 25.5 Å². The van der Waals surface area contributed by atoms with Crippen LogP contribution in [0.15, 0.2) is 72.8 Å². The van der Waals surface area contributed by atoms with E-state index >= 15 is 0 Å². The molecular formula is C27H27FN2O3. The van der Waals surface area contributed by atoms with Gasteiger partial charge in [-0.05, 0) is 65.9 Å². The Bertz CT molecular complexity index is 1110. The minimum atomic E-state index is -0.254. The second kappa shape index (κ2) is 9.86. The average molecular weight is 447 g/mol. The number of carbonyl (C=O) groups is 2. The summed E-state index contributed by atoms with van der Waals surface area (Å²) in [6, 6.07) is 21.1. The largest absolute Gasteiger partial charge is 0.497 e. The normalized spacial score (nSPS) is 13.8. The van der Waals surface area contributed by atoms with Crippen LogP contribution in [0.4, 0.5) is 4.39 Å². The average Bonchev–Trinajstić information content (AvgIpc) is 3.63. The predicted molar refractivity (Wildman–Crippen MR) is 125 cm³/mol. The van der Waals surface area contributed by atoms with Gasteiger partial charge < -0.3 is 15.4 Å². The van der Waals surface area contributed by atoms with Crippen molar-refractivity contribution in [2.75, 3.05) is 13.7 Å². The van der Waals surface area contributed by atoms with E-state index in [2.05, 4.69) is 10.6 Å². The lowest BCUT2D eigenvalue weighted by Gasteiger charge is -2.17. The van der Waals surface area contributed by atoms with E-state index in [0.29, 0.717) is 25.1 Å². The maximum atomic E-state index is 13.2. The molecule has 0 saturated heterocycles. The molecule has 0 radical (unpaired) electrons. The Morgan fingerprint density at radius 3 is 2.12 bits per heavy atom. The van der Waals surface area contributed by atoms with Gasteiger partial charge in [0.05, 0.1) is 13.5 Å². The molecule has 5 nitrogen and oxygen atoms in total. The number of ether oxygens (including phenoxy) is 1. The third kappa shape index (κ3) is 5.77. The Labute approximate surface area is 193 Å². The summed E-state index contributed by atoms with van der Waals surface area (Å²) in [6.45, 7) is 0.922. The summed E-state index contributed by atoms with van der Waals surface area (Å²) >= 11 is 0. The number of benzene rings is 3. The van der Waals surface area contributed by atoms with Gasteiger partial charge >= 0.3 is 0 Å². The number of nitrogens with one attached hydrogen (secondary N) is 2. The predicted octanol–water partition coefficient (Wildman–Crippen LogP) is 4.15. The van der Waals surface area contributed by atoms with Crippen molar-refractivity contribution in [2.24, 2.45) is 0 Å². The Balaban J connectivity index is 1.25. The van der Waals surface area contributed by atoms with Crippen LogP contribution in [0.5, 0.6) is 5.75 Å². The molecule has 1 aliphatic rings. The van der Waals surface area contributed by atoms with Gasteiger partial charge in [0.2, 0.25) is 5.91 Å². The van der Waals surface area contributed by atoms with Gasteiger partial charge in [-0.2, -0.15) is 0 Å². The molecule has 0 atom stereocenters. The van der Waals surface area contributed by atoms with Crippen LogP contribution in [0.3, 0.4) is 0 Å². The Kier molecular flexibility index (Phi) is 6.73. The highest BCUT2D eigenvalue weighted by Crippen LogP contribution is 2.47. The van der Waals surface area contributed by atoms with E-state index in [1.165, 1.54) is 12.1 Å². The summed E-state index contributed by atoms with van der Waals surface area (Å²) in [5.74, 6) is 0.289. The fourth-order valence-corrected chi connectivity index (χ4v) is 3.84. The molecule has 0 heterocycles. The quantitative estimate of drug-likeness (QED) is 0.519. The van der Waals surface area contributed by atoms with Crippen molar-refractivity contribution >= 4 is 11.8 Å². The van der Waals surface area contributed by atoms with Gasteiger partial charge in [-0.15, -0.1) is 0 Å². The van der Waals surface area contributed by atoms with Crippen LogP contribution in [0.25, 0.3) is 0 Å². The van der Waals surface area contributed by atoms with Crippen LogP contribution in [0, 0.1) is 5.82 Å². The molecule has 2 N–H and O–H groups in total. The first-order valence-electron chi connectivity index (χ1n) is 11.0. The number of halogens is 1. The standard InChI is InChI=1S/C27H27FN2O3/c1-33-24-12-4-19(5-13-24)16-25(31)29-17-20-2-6-21(7-3-20)26(32)30-18-27(14-15-27)22-8-10-23(28)11-9-22/h2-13H,14-18H2,1H3,(H,29,31)(H,30,32). The summed E-state index contributed by atoms with van der Waals surface area (Å²) in [7, 11) is 1.61. The molecule has 0 aromatic heterocycles. The summed E-state index contributed by atoms with van der Waals surface area (Å²) in [6.07, 6.45) is 2.25. The third-order valence-corrected chi connectivity index (χ3v) is 6.13. The lowest BCUT2D eigenvalue weighted by Crippen LogP contribution is -2.32. The van der Waals surface area contributed by atoms with E-state index in [4.69, 9.17) is 4.74 Å². The molecular weight excluding hydrogens is 419 g/mol. The first kappa shape index (κ1) is 22.5. The lowest BCUT2D eigenvalue weighted by molar-refractivity contribution is -0.120. The summed E-state index contributed by atoms with van der Waals surface area (Å²) < 4.78 is 18.3. The number of carbonyl (C=O) groups excluding carboxylic acids is 2.